The van der Waals surface area contributed by atoms with E-state index in [2.05, 4.69) is 28.4 Å². The van der Waals surface area contributed by atoms with Gasteiger partial charge in [-0.05, 0) is 14.0 Å². The molecule has 0 radical (unpaired) electrons. The molecule has 0 saturated carbocycles. The van der Waals surface area contributed by atoms with Gasteiger partial charge in [-0.3, -0.25) is 4.90 Å². The zero-order chi connectivity index (χ0) is 7.84. The summed E-state index contributed by atoms with van der Waals surface area (Å²) in [6.45, 7) is 4.38. The van der Waals surface area contributed by atoms with E-state index in [-0.39, 0.29) is 0 Å². The summed E-state index contributed by atoms with van der Waals surface area (Å²) in [4.78, 5) is 6.45. The molecule has 1 aromatic rings. The lowest BCUT2D eigenvalue weighted by Crippen LogP contribution is -2.32. The number of likely N-dealkylation sites (N-methyl/N-ethyl adjacent to an activating group) is 1. The third kappa shape index (κ3) is 1.05. The lowest BCUT2D eigenvalue weighted by atomic mass is 10.2. The summed E-state index contributed by atoms with van der Waals surface area (Å²) in [7, 11) is 2.15. The predicted octanol–water partition coefficient (Wildman–Crippen LogP) is 0.889. The highest BCUT2D eigenvalue weighted by molar-refractivity contribution is 5.02. The summed E-state index contributed by atoms with van der Waals surface area (Å²) in [5.74, 6) is 0. The maximum atomic E-state index is 4.12. The molecule has 0 fully saturated rings. The minimum Gasteiger partial charge on any atom is -0.329 e. The molecule has 3 nitrogen and oxygen atoms in total. The fourth-order valence-corrected chi connectivity index (χ4v) is 1.73. The molecule has 0 unspecified atom stereocenters. The van der Waals surface area contributed by atoms with Crippen LogP contribution >= 0.6 is 0 Å². The van der Waals surface area contributed by atoms with Gasteiger partial charge in [0.25, 0.3) is 0 Å². The summed E-state index contributed by atoms with van der Waals surface area (Å²) >= 11 is 0. The van der Waals surface area contributed by atoms with Gasteiger partial charge in [-0.15, -0.1) is 0 Å². The molecule has 11 heavy (non-hydrogen) atoms. The first-order valence-electron chi connectivity index (χ1n) is 3.96. The SMILES string of the molecule is C[C@@H]1CN(C)Cc2cncn21. The van der Waals surface area contributed by atoms with Gasteiger partial charge in [0.2, 0.25) is 0 Å². The van der Waals surface area contributed by atoms with Gasteiger partial charge in [-0.1, -0.05) is 0 Å². The fraction of sp³-hybridized carbons (Fsp3) is 0.625. The van der Waals surface area contributed by atoms with Crippen LogP contribution in [0.5, 0.6) is 0 Å². The van der Waals surface area contributed by atoms with Crippen LogP contribution in [0.4, 0.5) is 0 Å². The van der Waals surface area contributed by atoms with E-state index in [0.717, 1.165) is 13.1 Å². The fourth-order valence-electron chi connectivity index (χ4n) is 1.73. The van der Waals surface area contributed by atoms with Crippen molar-refractivity contribution in [1.82, 2.24) is 14.5 Å². The topological polar surface area (TPSA) is 21.1 Å². The first-order valence-corrected chi connectivity index (χ1v) is 3.96. The molecular formula is C8H13N3. The first-order chi connectivity index (χ1) is 5.27. The average molecular weight is 151 g/mol. The lowest BCUT2D eigenvalue weighted by Gasteiger charge is -2.29. The average Bonchev–Trinajstić information content (AvgIpc) is 2.34. The van der Waals surface area contributed by atoms with Crippen LogP contribution in [0, 0.1) is 0 Å². The van der Waals surface area contributed by atoms with Crippen molar-refractivity contribution < 1.29 is 0 Å². The van der Waals surface area contributed by atoms with Crippen LogP contribution in [0.2, 0.25) is 0 Å². The second kappa shape index (κ2) is 2.34. The largest absolute Gasteiger partial charge is 0.329 e. The van der Waals surface area contributed by atoms with Crippen molar-refractivity contribution in [1.29, 1.82) is 0 Å². The van der Waals surface area contributed by atoms with Crippen molar-refractivity contribution in [3.05, 3.63) is 18.2 Å². The molecule has 1 aliphatic rings. The summed E-state index contributed by atoms with van der Waals surface area (Å²) in [5.41, 5.74) is 1.33. The Morgan fingerprint density at radius 3 is 3.27 bits per heavy atom. The number of hydrogen-bond acceptors (Lipinski definition) is 2. The predicted molar refractivity (Wildman–Crippen MR) is 43.3 cm³/mol. The summed E-state index contributed by atoms with van der Waals surface area (Å²) in [6.07, 6.45) is 3.87. The molecule has 2 rings (SSSR count). The maximum Gasteiger partial charge on any atom is 0.0951 e. The second-order valence-electron chi connectivity index (χ2n) is 3.34. The standard InChI is InChI=1S/C8H13N3/c1-7-4-10(2)5-8-3-9-6-11(7)8/h3,6-7H,4-5H2,1-2H3/t7-/m1/s1. The quantitative estimate of drug-likeness (QED) is 0.549. The minimum absolute atomic E-state index is 0.575. The van der Waals surface area contributed by atoms with Crippen LogP contribution in [0.25, 0.3) is 0 Å². The Morgan fingerprint density at radius 1 is 1.64 bits per heavy atom. The van der Waals surface area contributed by atoms with Crippen LogP contribution in [0.3, 0.4) is 0 Å². The molecule has 2 heterocycles. The lowest BCUT2D eigenvalue weighted by molar-refractivity contribution is 0.233. The number of imidazole rings is 1. The molecule has 0 aliphatic carbocycles. The van der Waals surface area contributed by atoms with Gasteiger partial charge in [-0.25, -0.2) is 4.98 Å². The monoisotopic (exact) mass is 151 g/mol. The van der Waals surface area contributed by atoms with Gasteiger partial charge >= 0.3 is 0 Å². The summed E-state index contributed by atoms with van der Waals surface area (Å²) in [6, 6.07) is 0.575. The minimum atomic E-state index is 0.575. The molecule has 0 aromatic carbocycles. The van der Waals surface area contributed by atoms with Crippen molar-refractivity contribution in [3.8, 4) is 0 Å². The Kier molecular flexibility index (Phi) is 1.46. The molecule has 0 saturated heterocycles. The van der Waals surface area contributed by atoms with Crippen molar-refractivity contribution in [3.63, 3.8) is 0 Å². The van der Waals surface area contributed by atoms with E-state index in [1.54, 1.807) is 0 Å². The summed E-state index contributed by atoms with van der Waals surface area (Å²) in [5, 5.41) is 0. The number of nitrogens with zero attached hydrogens (tertiary/aromatic N) is 3. The van der Waals surface area contributed by atoms with Gasteiger partial charge < -0.3 is 4.57 Å². The first kappa shape index (κ1) is 6.85. The number of rotatable bonds is 0. The van der Waals surface area contributed by atoms with Crippen molar-refractivity contribution in [2.75, 3.05) is 13.6 Å². The Balaban J connectivity index is 2.36. The second-order valence-corrected chi connectivity index (χ2v) is 3.34. The molecule has 0 spiro atoms. The number of fused-ring (bicyclic) bond motifs is 1. The Morgan fingerprint density at radius 2 is 2.45 bits per heavy atom. The van der Waals surface area contributed by atoms with Crippen molar-refractivity contribution in [2.24, 2.45) is 0 Å². The highest BCUT2D eigenvalue weighted by atomic mass is 15.2. The highest BCUT2D eigenvalue weighted by Crippen LogP contribution is 2.17. The highest BCUT2D eigenvalue weighted by Gasteiger charge is 2.18. The van der Waals surface area contributed by atoms with Gasteiger partial charge in [0.05, 0.1) is 12.0 Å². The molecule has 1 atom stereocenters. The molecule has 0 amide bonds. The van der Waals surface area contributed by atoms with Crippen LogP contribution in [-0.4, -0.2) is 28.0 Å². The third-order valence-corrected chi connectivity index (χ3v) is 2.23. The molecule has 0 N–H and O–H groups in total. The van der Waals surface area contributed by atoms with Gasteiger partial charge in [0.15, 0.2) is 0 Å². The van der Waals surface area contributed by atoms with E-state index in [0.29, 0.717) is 6.04 Å². The van der Waals surface area contributed by atoms with Gasteiger partial charge in [0, 0.05) is 25.3 Å². The van der Waals surface area contributed by atoms with Crippen LogP contribution in [0.1, 0.15) is 18.7 Å². The molecular weight excluding hydrogens is 138 g/mol. The maximum absolute atomic E-state index is 4.12. The molecule has 3 heteroatoms. The van der Waals surface area contributed by atoms with Crippen molar-refractivity contribution in [2.45, 2.75) is 19.5 Å². The van der Waals surface area contributed by atoms with Gasteiger partial charge in [0.1, 0.15) is 0 Å². The smallest absolute Gasteiger partial charge is 0.0951 e. The Bertz CT molecular complexity index is 254. The van der Waals surface area contributed by atoms with Crippen molar-refractivity contribution >= 4 is 0 Å². The van der Waals surface area contributed by atoms with E-state index in [1.807, 2.05) is 12.5 Å². The number of aromatic nitrogens is 2. The van der Waals surface area contributed by atoms with E-state index in [4.69, 9.17) is 0 Å². The Hall–Kier alpha value is -0.830. The molecule has 60 valence electrons. The van der Waals surface area contributed by atoms with Crippen LogP contribution in [-0.2, 0) is 6.54 Å². The normalized spacial score (nSPS) is 25.1. The van der Waals surface area contributed by atoms with Crippen LogP contribution < -0.4 is 0 Å². The van der Waals surface area contributed by atoms with E-state index in [9.17, 15) is 0 Å². The third-order valence-electron chi connectivity index (χ3n) is 2.23. The molecule has 1 aliphatic heterocycles. The zero-order valence-corrected chi connectivity index (χ0v) is 6.99. The Labute approximate surface area is 66.6 Å². The van der Waals surface area contributed by atoms with Crippen LogP contribution in [0.15, 0.2) is 12.5 Å². The van der Waals surface area contributed by atoms with E-state index >= 15 is 0 Å². The van der Waals surface area contributed by atoms with E-state index in [1.165, 1.54) is 5.69 Å². The van der Waals surface area contributed by atoms with Gasteiger partial charge in [-0.2, -0.15) is 0 Å². The zero-order valence-electron chi connectivity index (χ0n) is 6.99. The van der Waals surface area contributed by atoms with E-state index < -0.39 is 0 Å². The number of hydrogen-bond donors (Lipinski definition) is 0. The molecule has 0 bridgehead atoms. The summed E-state index contributed by atoms with van der Waals surface area (Å²) < 4.78 is 2.25. The molecule has 1 aromatic heterocycles.